The lowest BCUT2D eigenvalue weighted by atomic mass is 9.79. The minimum atomic E-state index is -0.709. The molecule has 1 aliphatic rings. The number of benzene rings is 1. The summed E-state index contributed by atoms with van der Waals surface area (Å²) in [6.45, 7) is 2.08. The van der Waals surface area contributed by atoms with Crippen molar-refractivity contribution in [2.24, 2.45) is 11.8 Å². The Morgan fingerprint density at radius 2 is 2.00 bits per heavy atom. The van der Waals surface area contributed by atoms with Crippen molar-refractivity contribution in [3.8, 4) is 5.75 Å². The summed E-state index contributed by atoms with van der Waals surface area (Å²) >= 11 is 11.9. The number of carbonyl (C=O) groups excluding carboxylic acids is 2. The Labute approximate surface area is 158 Å². The van der Waals surface area contributed by atoms with Gasteiger partial charge in [0, 0.05) is 11.6 Å². The van der Waals surface area contributed by atoms with Gasteiger partial charge in [-0.2, -0.15) is 0 Å². The van der Waals surface area contributed by atoms with E-state index < -0.39 is 6.10 Å². The third kappa shape index (κ3) is 5.51. The zero-order valence-corrected chi connectivity index (χ0v) is 15.9. The topological polar surface area (TPSA) is 64.6 Å². The lowest BCUT2D eigenvalue weighted by Crippen LogP contribution is -2.42. The van der Waals surface area contributed by atoms with E-state index in [0.717, 1.165) is 25.7 Å². The van der Waals surface area contributed by atoms with Gasteiger partial charge in [0.2, 0.25) is 0 Å². The van der Waals surface area contributed by atoms with Crippen LogP contribution >= 0.6 is 23.2 Å². The molecule has 7 heteroatoms. The number of hydrogen-bond donors (Lipinski definition) is 1. The van der Waals surface area contributed by atoms with Gasteiger partial charge in [0.15, 0.2) is 6.10 Å². The van der Waals surface area contributed by atoms with Crippen LogP contribution in [0.5, 0.6) is 5.75 Å². The third-order valence-corrected chi connectivity index (χ3v) is 5.05. The molecule has 138 valence electrons. The average molecular weight is 388 g/mol. The second-order valence-corrected chi connectivity index (χ2v) is 7.10. The van der Waals surface area contributed by atoms with Crippen LogP contribution in [0.2, 0.25) is 10.0 Å². The zero-order valence-electron chi connectivity index (χ0n) is 14.4. The Kier molecular flexibility index (Phi) is 7.38. The number of nitrogens with one attached hydrogen (secondary N) is 1. The van der Waals surface area contributed by atoms with Crippen LogP contribution in [0.15, 0.2) is 18.2 Å². The van der Waals surface area contributed by atoms with E-state index in [-0.39, 0.29) is 23.7 Å². The van der Waals surface area contributed by atoms with Crippen molar-refractivity contribution in [2.75, 3.05) is 13.7 Å². The maximum absolute atomic E-state index is 12.3. The number of ether oxygens (including phenoxy) is 2. The highest BCUT2D eigenvalue weighted by Crippen LogP contribution is 2.31. The van der Waals surface area contributed by atoms with Gasteiger partial charge in [-0.25, -0.2) is 0 Å². The quantitative estimate of drug-likeness (QED) is 0.752. The molecule has 1 aliphatic carbocycles. The predicted molar refractivity (Wildman–Crippen MR) is 97.0 cm³/mol. The molecular weight excluding hydrogens is 365 g/mol. The van der Waals surface area contributed by atoms with Crippen LogP contribution in [-0.4, -0.2) is 31.6 Å². The molecule has 1 saturated carbocycles. The molecule has 1 fully saturated rings. The molecule has 0 heterocycles. The van der Waals surface area contributed by atoms with Crippen molar-refractivity contribution in [1.82, 2.24) is 5.32 Å². The first-order valence-corrected chi connectivity index (χ1v) is 9.15. The van der Waals surface area contributed by atoms with E-state index >= 15 is 0 Å². The van der Waals surface area contributed by atoms with Crippen LogP contribution in [0.1, 0.15) is 32.6 Å². The minimum absolute atomic E-state index is 0.0940. The van der Waals surface area contributed by atoms with Gasteiger partial charge in [-0.1, -0.05) is 36.0 Å². The second kappa shape index (κ2) is 9.30. The van der Waals surface area contributed by atoms with Crippen LogP contribution in [0.25, 0.3) is 0 Å². The molecule has 2 rings (SSSR count). The number of hydrogen-bond acceptors (Lipinski definition) is 4. The molecule has 1 amide bonds. The largest absolute Gasteiger partial charge is 0.479 e. The van der Waals surface area contributed by atoms with Crippen LogP contribution in [0.3, 0.4) is 0 Å². The normalized spacial score (nSPS) is 21.3. The first-order valence-electron chi connectivity index (χ1n) is 8.39. The fraction of sp³-hybridized carbons (Fsp3) is 0.556. The summed E-state index contributed by atoms with van der Waals surface area (Å²) in [6, 6.07) is 4.84. The zero-order chi connectivity index (χ0) is 18.4. The molecule has 0 aliphatic heterocycles. The van der Waals surface area contributed by atoms with Crippen LogP contribution < -0.4 is 10.1 Å². The number of rotatable bonds is 6. The number of carbonyl (C=O) groups is 2. The highest BCUT2D eigenvalue weighted by atomic mass is 35.5. The molecule has 0 radical (unpaired) electrons. The molecule has 25 heavy (non-hydrogen) atoms. The van der Waals surface area contributed by atoms with Crippen molar-refractivity contribution in [1.29, 1.82) is 0 Å². The fourth-order valence-electron chi connectivity index (χ4n) is 3.10. The molecule has 3 atom stereocenters. The number of methoxy groups -OCH3 is 1. The lowest BCUT2D eigenvalue weighted by molar-refractivity contribution is -0.149. The van der Waals surface area contributed by atoms with Crippen molar-refractivity contribution < 1.29 is 19.1 Å². The summed E-state index contributed by atoms with van der Waals surface area (Å²) in [6.07, 6.45) is 3.07. The molecule has 0 spiro atoms. The van der Waals surface area contributed by atoms with Gasteiger partial charge in [-0.15, -0.1) is 0 Å². The molecule has 1 aromatic rings. The first kappa shape index (κ1) is 19.9. The van der Waals surface area contributed by atoms with Gasteiger partial charge >= 0.3 is 5.97 Å². The maximum atomic E-state index is 12.3. The number of amides is 1. The Balaban J connectivity index is 1.88. The Bertz CT molecular complexity index is 623. The van der Waals surface area contributed by atoms with Crippen molar-refractivity contribution in [3.05, 3.63) is 28.2 Å². The first-order chi connectivity index (χ1) is 11.9. The standard InChI is InChI=1S/C18H23Cl2NO4/c1-11(25-16-8-7-13(19)9-15(16)20)17(22)21-10-12-5-3-4-6-14(12)18(23)24-2/h7-9,11-12,14H,3-6,10H2,1-2H3,(H,21,22). The van der Waals surface area contributed by atoms with Gasteiger partial charge in [0.1, 0.15) is 5.75 Å². The SMILES string of the molecule is COC(=O)C1CCCCC1CNC(=O)C(C)Oc1ccc(Cl)cc1Cl. The molecule has 5 nitrogen and oxygen atoms in total. The van der Waals surface area contributed by atoms with Gasteiger partial charge in [-0.3, -0.25) is 9.59 Å². The van der Waals surface area contributed by atoms with Crippen LogP contribution in [-0.2, 0) is 14.3 Å². The molecule has 1 N–H and O–H groups in total. The predicted octanol–water partition coefficient (Wildman–Crippen LogP) is 3.86. The molecule has 0 bridgehead atoms. The highest BCUT2D eigenvalue weighted by molar-refractivity contribution is 6.35. The van der Waals surface area contributed by atoms with Gasteiger partial charge < -0.3 is 14.8 Å². The second-order valence-electron chi connectivity index (χ2n) is 6.25. The summed E-state index contributed by atoms with van der Waals surface area (Å²) in [7, 11) is 1.40. The summed E-state index contributed by atoms with van der Waals surface area (Å²) in [4.78, 5) is 24.2. The van der Waals surface area contributed by atoms with E-state index in [9.17, 15) is 9.59 Å². The molecule has 0 saturated heterocycles. The fourth-order valence-corrected chi connectivity index (χ4v) is 3.56. The van der Waals surface area contributed by atoms with E-state index in [1.807, 2.05) is 0 Å². The Morgan fingerprint density at radius 3 is 2.68 bits per heavy atom. The highest BCUT2D eigenvalue weighted by Gasteiger charge is 2.32. The molecule has 3 unspecified atom stereocenters. The van der Waals surface area contributed by atoms with Crippen LogP contribution in [0, 0.1) is 11.8 Å². The molecular formula is C18H23Cl2NO4. The number of esters is 1. The number of halogens is 2. The minimum Gasteiger partial charge on any atom is -0.479 e. The van der Waals surface area contributed by atoms with E-state index in [1.54, 1.807) is 25.1 Å². The van der Waals surface area contributed by atoms with E-state index in [0.29, 0.717) is 22.3 Å². The Hall–Kier alpha value is -1.46. The van der Waals surface area contributed by atoms with Gasteiger partial charge in [-0.05, 0) is 43.9 Å². The van der Waals surface area contributed by atoms with Crippen molar-refractivity contribution >= 4 is 35.1 Å². The summed E-state index contributed by atoms with van der Waals surface area (Å²) in [5, 5.41) is 3.72. The van der Waals surface area contributed by atoms with Crippen LogP contribution in [0.4, 0.5) is 0 Å². The molecule has 1 aromatic carbocycles. The van der Waals surface area contributed by atoms with E-state index in [2.05, 4.69) is 5.32 Å². The maximum Gasteiger partial charge on any atom is 0.309 e. The monoisotopic (exact) mass is 387 g/mol. The van der Waals surface area contributed by atoms with Crippen molar-refractivity contribution in [3.63, 3.8) is 0 Å². The summed E-state index contributed by atoms with van der Waals surface area (Å²) in [5.74, 6) is -0.104. The van der Waals surface area contributed by atoms with Crippen molar-refractivity contribution in [2.45, 2.75) is 38.7 Å². The third-order valence-electron chi connectivity index (χ3n) is 4.52. The summed E-state index contributed by atoms with van der Waals surface area (Å²) < 4.78 is 10.5. The Morgan fingerprint density at radius 1 is 1.28 bits per heavy atom. The molecule has 0 aromatic heterocycles. The average Bonchev–Trinajstić information content (AvgIpc) is 2.61. The smallest absolute Gasteiger partial charge is 0.309 e. The van der Waals surface area contributed by atoms with E-state index in [1.165, 1.54) is 7.11 Å². The van der Waals surface area contributed by atoms with E-state index in [4.69, 9.17) is 32.7 Å². The van der Waals surface area contributed by atoms with Gasteiger partial charge in [0.05, 0.1) is 18.1 Å². The summed E-state index contributed by atoms with van der Waals surface area (Å²) in [5.41, 5.74) is 0. The lowest BCUT2D eigenvalue weighted by Gasteiger charge is -2.30. The van der Waals surface area contributed by atoms with Gasteiger partial charge in [0.25, 0.3) is 5.91 Å².